The standard InChI is InChI=1S/C17H13FN2O2/c1-11-2-8-14(9-3-11)20-17(22)15(16(21)19-20)10-12-4-6-13(18)7-5-12/h2-10H,1H3,(H,19,21). The largest absolute Gasteiger partial charge is 0.282 e. The molecule has 0 unspecified atom stereocenters. The first kappa shape index (κ1) is 14.0. The smallest absolute Gasteiger partial charge is 0.267 e. The van der Waals surface area contributed by atoms with Crippen LogP contribution < -0.4 is 10.4 Å². The molecule has 0 radical (unpaired) electrons. The molecule has 5 heteroatoms. The van der Waals surface area contributed by atoms with Crippen molar-refractivity contribution in [1.29, 1.82) is 0 Å². The van der Waals surface area contributed by atoms with Gasteiger partial charge in [-0.15, -0.1) is 0 Å². The van der Waals surface area contributed by atoms with Crippen molar-refractivity contribution in [2.24, 2.45) is 0 Å². The maximum Gasteiger partial charge on any atom is 0.282 e. The van der Waals surface area contributed by atoms with Gasteiger partial charge in [0.2, 0.25) is 0 Å². The van der Waals surface area contributed by atoms with Crippen LogP contribution in [0.5, 0.6) is 0 Å². The van der Waals surface area contributed by atoms with Gasteiger partial charge in [0.05, 0.1) is 5.69 Å². The normalized spacial score (nSPS) is 16.3. The van der Waals surface area contributed by atoms with E-state index in [0.717, 1.165) is 5.56 Å². The molecule has 3 rings (SSSR count). The van der Waals surface area contributed by atoms with Crippen LogP contribution in [0.25, 0.3) is 6.08 Å². The zero-order valence-electron chi connectivity index (χ0n) is 11.8. The van der Waals surface area contributed by atoms with Crippen LogP contribution in [0, 0.1) is 12.7 Å². The van der Waals surface area contributed by atoms with Crippen molar-refractivity contribution < 1.29 is 14.0 Å². The molecule has 110 valence electrons. The van der Waals surface area contributed by atoms with Gasteiger partial charge in [0.1, 0.15) is 11.4 Å². The van der Waals surface area contributed by atoms with E-state index in [0.29, 0.717) is 11.3 Å². The molecule has 2 aromatic carbocycles. The number of halogens is 1. The Morgan fingerprint density at radius 3 is 2.27 bits per heavy atom. The predicted molar refractivity (Wildman–Crippen MR) is 81.2 cm³/mol. The third-order valence-electron chi connectivity index (χ3n) is 3.36. The van der Waals surface area contributed by atoms with Crippen molar-refractivity contribution in [1.82, 2.24) is 5.43 Å². The molecular weight excluding hydrogens is 283 g/mol. The number of aryl methyl sites for hydroxylation is 1. The second kappa shape index (κ2) is 5.44. The average Bonchev–Trinajstić information content (AvgIpc) is 2.78. The lowest BCUT2D eigenvalue weighted by atomic mass is 10.1. The van der Waals surface area contributed by atoms with Crippen molar-refractivity contribution in [3.8, 4) is 0 Å². The third kappa shape index (κ3) is 2.61. The number of anilines is 1. The second-order valence-corrected chi connectivity index (χ2v) is 5.03. The van der Waals surface area contributed by atoms with E-state index in [-0.39, 0.29) is 11.4 Å². The number of benzene rings is 2. The molecule has 0 aliphatic carbocycles. The minimum absolute atomic E-state index is 0.0205. The molecule has 4 nitrogen and oxygen atoms in total. The average molecular weight is 296 g/mol. The number of carbonyl (C=O) groups excluding carboxylic acids is 2. The summed E-state index contributed by atoms with van der Waals surface area (Å²) in [6, 6.07) is 12.8. The topological polar surface area (TPSA) is 49.4 Å². The number of hydrogen-bond donors (Lipinski definition) is 1. The van der Waals surface area contributed by atoms with Crippen LogP contribution in [0.3, 0.4) is 0 Å². The molecule has 0 saturated carbocycles. The summed E-state index contributed by atoms with van der Waals surface area (Å²) in [4.78, 5) is 24.4. The SMILES string of the molecule is Cc1ccc(N2NC(=O)C(=Cc3ccc(F)cc3)C2=O)cc1. The highest BCUT2D eigenvalue weighted by Gasteiger charge is 2.34. The Kier molecular flexibility index (Phi) is 3.47. The lowest BCUT2D eigenvalue weighted by Gasteiger charge is -2.14. The van der Waals surface area contributed by atoms with E-state index < -0.39 is 11.8 Å². The van der Waals surface area contributed by atoms with Crippen LogP contribution in [-0.4, -0.2) is 11.8 Å². The van der Waals surface area contributed by atoms with E-state index in [2.05, 4.69) is 5.43 Å². The molecule has 1 saturated heterocycles. The van der Waals surface area contributed by atoms with E-state index in [1.54, 1.807) is 12.1 Å². The zero-order valence-corrected chi connectivity index (χ0v) is 11.8. The number of nitrogens with zero attached hydrogens (tertiary/aromatic N) is 1. The van der Waals surface area contributed by atoms with Crippen molar-refractivity contribution in [3.05, 3.63) is 71.0 Å². The summed E-state index contributed by atoms with van der Waals surface area (Å²) in [5.41, 5.74) is 4.78. The first-order valence-corrected chi connectivity index (χ1v) is 6.74. The Morgan fingerprint density at radius 1 is 1.00 bits per heavy atom. The quantitative estimate of drug-likeness (QED) is 0.684. The number of amides is 2. The van der Waals surface area contributed by atoms with Crippen molar-refractivity contribution in [3.63, 3.8) is 0 Å². The summed E-state index contributed by atoms with van der Waals surface area (Å²) < 4.78 is 12.9. The number of nitrogens with one attached hydrogen (secondary N) is 1. The molecule has 2 amide bonds. The molecule has 0 aromatic heterocycles. The number of carbonyl (C=O) groups is 2. The predicted octanol–water partition coefficient (Wildman–Crippen LogP) is 2.60. The molecule has 1 aliphatic heterocycles. The van der Waals surface area contributed by atoms with Gasteiger partial charge < -0.3 is 0 Å². The Bertz CT molecular complexity index is 764. The minimum atomic E-state index is -0.477. The number of hydrogen-bond acceptors (Lipinski definition) is 2. The summed E-state index contributed by atoms with van der Waals surface area (Å²) in [7, 11) is 0. The first-order valence-electron chi connectivity index (χ1n) is 6.74. The van der Waals surface area contributed by atoms with Crippen molar-refractivity contribution in [2.45, 2.75) is 6.92 Å². The number of rotatable bonds is 2. The van der Waals surface area contributed by atoms with Crippen molar-refractivity contribution in [2.75, 3.05) is 5.01 Å². The highest BCUT2D eigenvalue weighted by molar-refractivity contribution is 6.31. The first-order chi connectivity index (χ1) is 10.5. The maximum absolute atomic E-state index is 12.9. The lowest BCUT2D eigenvalue weighted by Crippen LogP contribution is -2.35. The molecule has 2 aromatic rings. The van der Waals surface area contributed by atoms with E-state index in [4.69, 9.17) is 0 Å². The molecule has 0 bridgehead atoms. The Labute approximate surface area is 126 Å². The third-order valence-corrected chi connectivity index (χ3v) is 3.36. The summed E-state index contributed by atoms with van der Waals surface area (Å²) in [5.74, 6) is -1.28. The maximum atomic E-state index is 12.9. The highest BCUT2D eigenvalue weighted by Crippen LogP contribution is 2.21. The van der Waals surface area contributed by atoms with Gasteiger partial charge in [-0.25, -0.2) is 9.40 Å². The highest BCUT2D eigenvalue weighted by atomic mass is 19.1. The Morgan fingerprint density at radius 2 is 1.64 bits per heavy atom. The van der Waals surface area contributed by atoms with E-state index in [9.17, 15) is 14.0 Å². The summed E-state index contributed by atoms with van der Waals surface area (Å²) >= 11 is 0. The number of hydrazine groups is 1. The fourth-order valence-electron chi connectivity index (χ4n) is 2.16. The van der Waals surface area contributed by atoms with Crippen LogP contribution in [0.2, 0.25) is 0 Å². The van der Waals surface area contributed by atoms with Gasteiger partial charge in [0.25, 0.3) is 11.8 Å². The van der Waals surface area contributed by atoms with Crippen LogP contribution >= 0.6 is 0 Å². The van der Waals surface area contributed by atoms with E-state index >= 15 is 0 Å². The fraction of sp³-hybridized carbons (Fsp3) is 0.0588. The lowest BCUT2D eigenvalue weighted by molar-refractivity contribution is -0.117. The van der Waals surface area contributed by atoms with Crippen LogP contribution in [0.1, 0.15) is 11.1 Å². The molecule has 1 aliphatic rings. The molecule has 1 N–H and O–H groups in total. The Hall–Kier alpha value is -2.95. The van der Waals surface area contributed by atoms with Gasteiger partial charge in [-0.1, -0.05) is 29.8 Å². The van der Waals surface area contributed by atoms with E-state index in [1.807, 2.05) is 19.1 Å². The zero-order chi connectivity index (χ0) is 15.7. The van der Waals surface area contributed by atoms with Crippen LogP contribution in [-0.2, 0) is 9.59 Å². The fourth-order valence-corrected chi connectivity index (χ4v) is 2.16. The van der Waals surface area contributed by atoms with Crippen LogP contribution in [0.4, 0.5) is 10.1 Å². The van der Waals surface area contributed by atoms with Gasteiger partial charge in [-0.2, -0.15) is 0 Å². The van der Waals surface area contributed by atoms with Gasteiger partial charge in [-0.05, 0) is 42.8 Å². The molecular formula is C17H13FN2O2. The molecule has 1 fully saturated rings. The minimum Gasteiger partial charge on any atom is -0.267 e. The molecule has 22 heavy (non-hydrogen) atoms. The van der Waals surface area contributed by atoms with Crippen LogP contribution in [0.15, 0.2) is 54.1 Å². The summed E-state index contributed by atoms with van der Waals surface area (Å²) in [6.07, 6.45) is 1.45. The van der Waals surface area contributed by atoms with Gasteiger partial charge >= 0.3 is 0 Å². The monoisotopic (exact) mass is 296 g/mol. The molecule has 0 atom stereocenters. The second-order valence-electron chi connectivity index (χ2n) is 5.03. The van der Waals surface area contributed by atoms with Gasteiger partial charge in [-0.3, -0.25) is 15.0 Å². The van der Waals surface area contributed by atoms with E-state index in [1.165, 1.54) is 35.4 Å². The molecule has 1 heterocycles. The molecule has 0 spiro atoms. The Balaban J connectivity index is 1.91. The summed E-state index contributed by atoms with van der Waals surface area (Å²) in [5, 5.41) is 1.21. The van der Waals surface area contributed by atoms with Gasteiger partial charge in [0, 0.05) is 0 Å². The van der Waals surface area contributed by atoms with Crippen molar-refractivity contribution >= 4 is 23.6 Å². The summed E-state index contributed by atoms with van der Waals surface area (Å²) in [6.45, 7) is 1.94. The van der Waals surface area contributed by atoms with Gasteiger partial charge in [0.15, 0.2) is 0 Å².